The molecule has 4 aliphatic rings. The maximum Gasteiger partial charge on any atom is 0.407 e. The standard InChI is InChI=1S/C45H51N9O6/c1-22(2)38(51-44(57)60-6)42(55)53-34-16-28(34)18-36(53)40-46-20-32(49-40)25-9-7-24(8-10-25)26-11-13-30-27(15-26)12-14-31(48-30)33-21-47-41(50-33)37-19-29-17-35(29)54(37)43(56)39(23(3)4)52(5)45(58)59/h7-15,20-23,28-29,34-39H,16-19H2,1-6H3,(H,46,49)(H,47,50)(H,51,57)(H,58,59)/t28-,29-,34-,35-,36+,37+,38+,39+/m1/s1. The van der Waals surface area contributed by atoms with Crippen molar-refractivity contribution in [3.8, 4) is 33.8 Å². The summed E-state index contributed by atoms with van der Waals surface area (Å²) in [6.07, 6.45) is 5.38. The molecular formula is C45H51N9O6. The van der Waals surface area contributed by atoms with Gasteiger partial charge < -0.3 is 34.9 Å². The first-order chi connectivity index (χ1) is 28.8. The first kappa shape index (κ1) is 39.2. The molecule has 15 heteroatoms. The number of alkyl carbamates (subject to hydrolysis) is 1. The normalized spacial score (nSPS) is 23.7. The van der Waals surface area contributed by atoms with Gasteiger partial charge in [-0.15, -0.1) is 0 Å². The second kappa shape index (κ2) is 15.1. The summed E-state index contributed by atoms with van der Waals surface area (Å²) in [5.74, 6) is 1.73. The lowest BCUT2D eigenvalue weighted by atomic mass is 10.0. The first-order valence-electron chi connectivity index (χ1n) is 20.9. The Labute approximate surface area is 347 Å². The highest BCUT2D eigenvalue weighted by atomic mass is 16.5. The van der Waals surface area contributed by atoms with Crippen LogP contribution in [0.2, 0.25) is 0 Å². The zero-order chi connectivity index (χ0) is 42.1. The van der Waals surface area contributed by atoms with Gasteiger partial charge in [0.25, 0.3) is 0 Å². The number of aromatic nitrogens is 5. The van der Waals surface area contributed by atoms with E-state index in [2.05, 4.69) is 51.7 Å². The number of H-pyrrole nitrogens is 2. The number of benzene rings is 2. The predicted octanol–water partition coefficient (Wildman–Crippen LogP) is 7.02. The molecule has 60 heavy (non-hydrogen) atoms. The van der Waals surface area contributed by atoms with Crippen LogP contribution in [-0.4, -0.2) is 107 Å². The number of ether oxygens (including phenoxy) is 1. The molecule has 0 radical (unpaired) electrons. The van der Waals surface area contributed by atoms with E-state index < -0.39 is 24.3 Å². The lowest BCUT2D eigenvalue weighted by Crippen LogP contribution is -2.52. The highest BCUT2D eigenvalue weighted by Crippen LogP contribution is 2.54. The van der Waals surface area contributed by atoms with E-state index in [1.807, 2.05) is 61.9 Å². The summed E-state index contributed by atoms with van der Waals surface area (Å²) in [4.78, 5) is 77.8. The SMILES string of the molecule is COC(=O)N[C@H](C(=O)N1[C@@H]2C[C@@H]2C[C@H]1c1ncc(-c2ccc(-c3ccc4nc(-c5cnc([C@@H]6C[C@H]7C[C@H]7N6C(=O)[C@H](C(C)C)N(C)C(=O)O)[nH]5)ccc4c3)cc2)[nH]1)C(C)C. The summed E-state index contributed by atoms with van der Waals surface area (Å²) in [5, 5.41) is 13.4. The number of amides is 4. The van der Waals surface area contributed by atoms with Crippen LogP contribution in [0.5, 0.6) is 0 Å². The fourth-order valence-corrected chi connectivity index (χ4v) is 9.65. The summed E-state index contributed by atoms with van der Waals surface area (Å²) >= 11 is 0. The molecule has 0 unspecified atom stereocenters. The molecule has 0 spiro atoms. The monoisotopic (exact) mass is 813 g/mol. The molecular weight excluding hydrogens is 763 g/mol. The Kier molecular flexibility index (Phi) is 9.87. The van der Waals surface area contributed by atoms with Crippen LogP contribution in [0.3, 0.4) is 0 Å². The number of rotatable bonds is 11. The van der Waals surface area contributed by atoms with E-state index in [1.54, 1.807) is 6.20 Å². The number of piperidine rings is 2. The van der Waals surface area contributed by atoms with Crippen LogP contribution in [0.25, 0.3) is 44.7 Å². The van der Waals surface area contributed by atoms with Gasteiger partial charge in [-0.25, -0.2) is 24.5 Å². The second-order valence-corrected chi connectivity index (χ2v) is 17.6. The quantitative estimate of drug-likeness (QED) is 0.109. The van der Waals surface area contributed by atoms with Gasteiger partial charge in [0.1, 0.15) is 23.7 Å². The van der Waals surface area contributed by atoms with Gasteiger partial charge in [-0.3, -0.25) is 14.5 Å². The molecule has 2 saturated heterocycles. The molecule has 5 aromatic rings. The summed E-state index contributed by atoms with van der Waals surface area (Å²) in [7, 11) is 2.76. The fraction of sp³-hybridized carbons (Fsp3) is 0.444. The van der Waals surface area contributed by atoms with Gasteiger partial charge in [-0.2, -0.15) is 0 Å². The highest BCUT2D eigenvalue weighted by molar-refractivity contribution is 5.89. The molecule has 4 fully saturated rings. The molecule has 2 aromatic carbocycles. The van der Waals surface area contributed by atoms with Crippen molar-refractivity contribution in [3.63, 3.8) is 0 Å². The number of likely N-dealkylation sites (N-methyl/N-ethyl adjacent to an activating group) is 1. The van der Waals surface area contributed by atoms with Crippen molar-refractivity contribution in [2.24, 2.45) is 23.7 Å². The van der Waals surface area contributed by atoms with Gasteiger partial charge in [0.2, 0.25) is 11.8 Å². The molecule has 0 bridgehead atoms. The molecule has 9 rings (SSSR count). The number of methoxy groups -OCH3 is 1. The minimum atomic E-state index is -1.12. The van der Waals surface area contributed by atoms with Crippen molar-refractivity contribution in [3.05, 3.63) is 78.6 Å². The number of pyridine rings is 1. The largest absolute Gasteiger partial charge is 0.465 e. The Morgan fingerprint density at radius 1 is 0.767 bits per heavy atom. The van der Waals surface area contributed by atoms with Crippen molar-refractivity contribution in [1.82, 2.24) is 44.9 Å². The number of aromatic amines is 2. The molecule has 2 saturated carbocycles. The molecule has 15 nitrogen and oxygen atoms in total. The maximum atomic E-state index is 13.9. The zero-order valence-corrected chi connectivity index (χ0v) is 34.6. The number of hydrogen-bond donors (Lipinski definition) is 4. The van der Waals surface area contributed by atoms with Crippen LogP contribution < -0.4 is 5.32 Å². The number of nitrogens with zero attached hydrogens (tertiary/aromatic N) is 6. The molecule has 2 aliphatic heterocycles. The average molecular weight is 814 g/mol. The van der Waals surface area contributed by atoms with Gasteiger partial charge in [-0.05, 0) is 84.2 Å². The van der Waals surface area contributed by atoms with E-state index in [-0.39, 0.29) is 47.8 Å². The van der Waals surface area contributed by atoms with Gasteiger partial charge >= 0.3 is 12.2 Å². The van der Waals surface area contributed by atoms with Gasteiger partial charge in [-0.1, -0.05) is 64.1 Å². The van der Waals surface area contributed by atoms with Gasteiger partial charge in [0, 0.05) is 24.5 Å². The lowest BCUT2D eigenvalue weighted by molar-refractivity contribution is -0.140. The molecule has 8 atom stereocenters. The topological polar surface area (TPSA) is 190 Å². The summed E-state index contributed by atoms with van der Waals surface area (Å²) in [6, 6.07) is 16.9. The number of nitrogens with one attached hydrogen (secondary N) is 3. The van der Waals surface area contributed by atoms with Crippen LogP contribution in [0.4, 0.5) is 9.59 Å². The zero-order valence-electron chi connectivity index (χ0n) is 34.6. The van der Waals surface area contributed by atoms with E-state index >= 15 is 0 Å². The van der Waals surface area contributed by atoms with Crippen molar-refractivity contribution >= 4 is 34.9 Å². The Balaban J connectivity index is 0.884. The van der Waals surface area contributed by atoms with Crippen LogP contribution in [0.15, 0.2) is 67.0 Å². The molecule has 3 aromatic heterocycles. The Bertz CT molecular complexity index is 2480. The van der Waals surface area contributed by atoms with Gasteiger partial charge in [0.15, 0.2) is 0 Å². The summed E-state index contributed by atoms with van der Waals surface area (Å²) < 4.78 is 4.80. The Morgan fingerprint density at radius 3 is 1.95 bits per heavy atom. The number of hydrogen-bond acceptors (Lipinski definition) is 8. The van der Waals surface area contributed by atoms with Crippen LogP contribution in [0.1, 0.15) is 77.1 Å². The number of carbonyl (C=O) groups excluding carboxylic acids is 3. The van der Waals surface area contributed by atoms with Crippen molar-refractivity contribution in [2.45, 2.75) is 89.6 Å². The van der Waals surface area contributed by atoms with Crippen molar-refractivity contribution in [2.75, 3.05) is 14.2 Å². The van der Waals surface area contributed by atoms with E-state index in [1.165, 1.54) is 14.2 Å². The minimum absolute atomic E-state index is 0.103. The third-order valence-electron chi connectivity index (χ3n) is 13.0. The summed E-state index contributed by atoms with van der Waals surface area (Å²) in [5.41, 5.74) is 6.28. The van der Waals surface area contributed by atoms with E-state index in [4.69, 9.17) is 19.7 Å². The average Bonchev–Trinajstić information content (AvgIpc) is 3.82. The van der Waals surface area contributed by atoms with Crippen LogP contribution >= 0.6 is 0 Å². The Morgan fingerprint density at radius 2 is 1.35 bits per heavy atom. The smallest absolute Gasteiger partial charge is 0.407 e. The van der Waals surface area contributed by atoms with E-state index in [9.17, 15) is 24.3 Å². The van der Waals surface area contributed by atoms with Crippen LogP contribution in [0, 0.1) is 23.7 Å². The predicted molar refractivity (Wildman–Crippen MR) is 223 cm³/mol. The number of carboxylic acid groups (broad SMARTS) is 1. The number of likely N-dealkylation sites (tertiary alicyclic amines) is 2. The number of imidazole rings is 2. The Hall–Kier alpha value is -6.25. The third-order valence-corrected chi connectivity index (χ3v) is 13.0. The van der Waals surface area contributed by atoms with Crippen molar-refractivity contribution < 1.29 is 29.0 Å². The van der Waals surface area contributed by atoms with Gasteiger partial charge in [0.05, 0.1) is 54.2 Å². The molecule has 5 heterocycles. The molecule has 2 aliphatic carbocycles. The summed E-state index contributed by atoms with van der Waals surface area (Å²) in [6.45, 7) is 7.59. The van der Waals surface area contributed by atoms with Crippen molar-refractivity contribution in [1.29, 1.82) is 0 Å². The minimum Gasteiger partial charge on any atom is -0.465 e. The lowest BCUT2D eigenvalue weighted by Gasteiger charge is -2.35. The highest BCUT2D eigenvalue weighted by Gasteiger charge is 2.57. The third kappa shape index (κ3) is 7.02. The maximum absolute atomic E-state index is 13.9. The second-order valence-electron chi connectivity index (χ2n) is 17.6. The first-order valence-corrected chi connectivity index (χ1v) is 20.9. The van der Waals surface area contributed by atoms with Crippen LogP contribution in [-0.2, 0) is 14.3 Å². The van der Waals surface area contributed by atoms with E-state index in [0.717, 1.165) is 81.1 Å². The molecule has 312 valence electrons. The van der Waals surface area contributed by atoms with E-state index in [0.29, 0.717) is 17.7 Å². The number of carbonyl (C=O) groups is 4. The number of fused-ring (bicyclic) bond motifs is 3. The molecule has 4 amide bonds. The fourth-order valence-electron chi connectivity index (χ4n) is 9.65. The molecule has 4 N–H and O–H groups in total.